The number of rotatable bonds is 3. The van der Waals surface area contributed by atoms with E-state index in [-0.39, 0.29) is 0 Å². The molecular weight excluding hydrogens is 236 g/mol. The highest BCUT2D eigenvalue weighted by Crippen LogP contribution is 2.23. The lowest BCUT2D eigenvalue weighted by Crippen LogP contribution is -1.98. The van der Waals surface area contributed by atoms with Gasteiger partial charge in [0, 0.05) is 23.9 Å². The second-order valence-electron chi connectivity index (χ2n) is 4.56. The van der Waals surface area contributed by atoms with Gasteiger partial charge in [-0.2, -0.15) is 0 Å². The van der Waals surface area contributed by atoms with Crippen molar-refractivity contribution in [3.63, 3.8) is 0 Å². The molecule has 0 saturated heterocycles. The summed E-state index contributed by atoms with van der Waals surface area (Å²) >= 11 is 0. The molecule has 0 atom stereocenters. The zero-order valence-corrected chi connectivity index (χ0v) is 11.1. The minimum atomic E-state index is 0.820. The van der Waals surface area contributed by atoms with Crippen molar-refractivity contribution in [1.82, 2.24) is 9.38 Å². The van der Waals surface area contributed by atoms with Crippen LogP contribution in [0.1, 0.15) is 17.0 Å². The molecule has 3 heteroatoms. The first-order chi connectivity index (χ1) is 9.29. The van der Waals surface area contributed by atoms with Crippen molar-refractivity contribution < 1.29 is 4.74 Å². The van der Waals surface area contributed by atoms with Crippen molar-refractivity contribution in [3.8, 4) is 5.75 Å². The van der Waals surface area contributed by atoms with E-state index >= 15 is 0 Å². The summed E-state index contributed by atoms with van der Waals surface area (Å²) < 4.78 is 7.56. The highest BCUT2D eigenvalue weighted by Gasteiger charge is 2.11. The number of ether oxygens (including phenoxy) is 1. The third-order valence-electron chi connectivity index (χ3n) is 3.38. The number of pyridine rings is 1. The van der Waals surface area contributed by atoms with Crippen LogP contribution in [0, 0.1) is 6.92 Å². The predicted molar refractivity (Wildman–Crippen MR) is 75.7 cm³/mol. The molecule has 1 aromatic carbocycles. The van der Waals surface area contributed by atoms with Crippen molar-refractivity contribution in [1.29, 1.82) is 0 Å². The summed E-state index contributed by atoms with van der Waals surface area (Å²) in [6.45, 7) is 2.05. The monoisotopic (exact) mass is 252 g/mol. The fourth-order valence-electron chi connectivity index (χ4n) is 2.41. The first-order valence-electron chi connectivity index (χ1n) is 6.34. The lowest BCUT2D eigenvalue weighted by Gasteiger charge is -2.08. The van der Waals surface area contributed by atoms with Crippen LogP contribution in [0.15, 0.2) is 48.7 Å². The van der Waals surface area contributed by atoms with Crippen molar-refractivity contribution in [2.24, 2.45) is 0 Å². The Kier molecular flexibility index (Phi) is 2.95. The average molecular weight is 252 g/mol. The fourth-order valence-corrected chi connectivity index (χ4v) is 2.41. The van der Waals surface area contributed by atoms with Gasteiger partial charge in [-0.05, 0) is 25.1 Å². The molecule has 3 aromatic rings. The summed E-state index contributed by atoms with van der Waals surface area (Å²) in [4.78, 5) is 4.59. The Hall–Kier alpha value is -2.29. The number of methoxy groups -OCH3 is 1. The maximum atomic E-state index is 5.42. The second kappa shape index (κ2) is 4.76. The summed E-state index contributed by atoms with van der Waals surface area (Å²) in [5.41, 5.74) is 4.45. The Bertz CT molecular complexity index is 716. The summed E-state index contributed by atoms with van der Waals surface area (Å²) in [6.07, 6.45) is 2.88. The molecule has 0 unspecified atom stereocenters. The van der Waals surface area contributed by atoms with Crippen molar-refractivity contribution in [3.05, 3.63) is 65.6 Å². The average Bonchev–Trinajstić information content (AvgIpc) is 2.76. The van der Waals surface area contributed by atoms with Crippen molar-refractivity contribution >= 4 is 5.65 Å². The van der Waals surface area contributed by atoms with Crippen molar-refractivity contribution in [2.75, 3.05) is 7.11 Å². The topological polar surface area (TPSA) is 26.5 Å². The molecule has 3 rings (SSSR count). The molecule has 0 fully saturated rings. The van der Waals surface area contributed by atoms with Crippen LogP contribution in [-0.2, 0) is 6.42 Å². The van der Waals surface area contributed by atoms with Gasteiger partial charge in [-0.15, -0.1) is 0 Å². The van der Waals surface area contributed by atoms with Crippen LogP contribution in [0.5, 0.6) is 5.75 Å². The molecule has 2 heterocycles. The number of aromatic nitrogens is 2. The summed E-state index contributed by atoms with van der Waals surface area (Å²) in [6, 6.07) is 14.2. The highest BCUT2D eigenvalue weighted by atomic mass is 16.5. The Morgan fingerprint density at radius 3 is 2.74 bits per heavy atom. The first kappa shape index (κ1) is 11.8. The number of aryl methyl sites for hydroxylation is 1. The van der Waals surface area contributed by atoms with E-state index in [4.69, 9.17) is 4.74 Å². The number of hydrogen-bond donors (Lipinski definition) is 0. The Morgan fingerprint density at radius 2 is 1.89 bits per heavy atom. The minimum absolute atomic E-state index is 0.820. The van der Waals surface area contributed by atoms with E-state index < -0.39 is 0 Å². The van der Waals surface area contributed by atoms with E-state index in [0.29, 0.717) is 0 Å². The quantitative estimate of drug-likeness (QED) is 0.715. The molecule has 0 aliphatic rings. The van der Waals surface area contributed by atoms with Gasteiger partial charge in [-0.25, -0.2) is 4.98 Å². The lowest BCUT2D eigenvalue weighted by molar-refractivity contribution is 0.410. The smallest absolute Gasteiger partial charge is 0.137 e. The zero-order valence-electron chi connectivity index (χ0n) is 11.1. The number of imidazole rings is 1. The number of nitrogens with zero attached hydrogens (tertiary/aromatic N) is 2. The minimum Gasteiger partial charge on any atom is -0.496 e. The van der Waals surface area contributed by atoms with E-state index in [1.807, 2.05) is 36.4 Å². The van der Waals surface area contributed by atoms with E-state index in [1.54, 1.807) is 7.11 Å². The van der Waals surface area contributed by atoms with Gasteiger partial charge in [-0.3, -0.25) is 0 Å². The van der Waals surface area contributed by atoms with E-state index in [1.165, 1.54) is 11.3 Å². The van der Waals surface area contributed by atoms with E-state index in [9.17, 15) is 0 Å². The Morgan fingerprint density at radius 1 is 1.11 bits per heavy atom. The zero-order chi connectivity index (χ0) is 13.2. The van der Waals surface area contributed by atoms with Crippen LogP contribution in [0.25, 0.3) is 5.65 Å². The summed E-state index contributed by atoms with van der Waals surface area (Å²) in [5, 5.41) is 0. The van der Waals surface area contributed by atoms with E-state index in [0.717, 1.165) is 23.5 Å². The van der Waals surface area contributed by atoms with Crippen LogP contribution in [0.3, 0.4) is 0 Å². The highest BCUT2D eigenvalue weighted by molar-refractivity contribution is 5.45. The molecule has 0 radical (unpaired) electrons. The van der Waals surface area contributed by atoms with E-state index in [2.05, 4.69) is 28.6 Å². The summed E-state index contributed by atoms with van der Waals surface area (Å²) in [5.74, 6) is 0.924. The van der Waals surface area contributed by atoms with Gasteiger partial charge in [0.2, 0.25) is 0 Å². The molecule has 0 N–H and O–H groups in total. The third-order valence-corrected chi connectivity index (χ3v) is 3.38. The fraction of sp³-hybridized carbons (Fsp3) is 0.188. The number of fused-ring (bicyclic) bond motifs is 1. The first-order valence-corrected chi connectivity index (χ1v) is 6.34. The molecule has 96 valence electrons. The van der Waals surface area contributed by atoms with Crippen LogP contribution >= 0.6 is 0 Å². The van der Waals surface area contributed by atoms with Crippen LogP contribution < -0.4 is 4.74 Å². The molecule has 0 bridgehead atoms. The van der Waals surface area contributed by atoms with Gasteiger partial charge in [0.25, 0.3) is 0 Å². The number of benzene rings is 1. The molecule has 0 aliphatic heterocycles. The lowest BCUT2D eigenvalue weighted by atomic mass is 10.1. The maximum absolute atomic E-state index is 5.42. The number of para-hydroxylation sites is 1. The van der Waals surface area contributed by atoms with Crippen LogP contribution in [0.4, 0.5) is 0 Å². The normalized spacial score (nSPS) is 10.8. The maximum Gasteiger partial charge on any atom is 0.137 e. The molecule has 19 heavy (non-hydrogen) atoms. The third kappa shape index (κ3) is 2.08. The molecule has 0 amide bonds. The summed E-state index contributed by atoms with van der Waals surface area (Å²) in [7, 11) is 1.71. The van der Waals surface area contributed by atoms with Crippen molar-refractivity contribution in [2.45, 2.75) is 13.3 Å². The van der Waals surface area contributed by atoms with Crippen LogP contribution in [0.2, 0.25) is 0 Å². The number of hydrogen-bond acceptors (Lipinski definition) is 2. The Labute approximate surface area is 112 Å². The molecule has 2 aromatic heterocycles. The molecular formula is C16H16N2O. The van der Waals surface area contributed by atoms with Gasteiger partial charge in [0.05, 0.1) is 12.8 Å². The standard InChI is InChI=1S/C16H16N2O/c1-12-14(18-10-6-5-9-16(18)17-12)11-13-7-3-4-8-15(13)19-2/h3-10H,11H2,1-2H3. The SMILES string of the molecule is COc1ccccc1Cc1c(C)nc2ccccn12. The predicted octanol–water partition coefficient (Wildman–Crippen LogP) is 3.24. The molecule has 3 nitrogen and oxygen atoms in total. The molecule has 0 spiro atoms. The molecule has 0 aliphatic carbocycles. The van der Waals surface area contributed by atoms with Gasteiger partial charge in [-0.1, -0.05) is 24.3 Å². The largest absolute Gasteiger partial charge is 0.496 e. The van der Waals surface area contributed by atoms with Gasteiger partial charge < -0.3 is 9.14 Å². The van der Waals surface area contributed by atoms with Crippen LogP contribution in [-0.4, -0.2) is 16.5 Å². The van der Waals surface area contributed by atoms with Gasteiger partial charge in [0.15, 0.2) is 0 Å². The Balaban J connectivity index is 2.08. The second-order valence-corrected chi connectivity index (χ2v) is 4.56. The molecule has 0 saturated carbocycles. The van der Waals surface area contributed by atoms with Gasteiger partial charge >= 0.3 is 0 Å². The van der Waals surface area contributed by atoms with Gasteiger partial charge in [0.1, 0.15) is 11.4 Å².